The molecule has 0 N–H and O–H groups in total. The number of likely N-dealkylation sites (tertiary alicyclic amines) is 1. The molecular weight excluding hydrogens is 314 g/mol. The van der Waals surface area contributed by atoms with Crippen molar-refractivity contribution >= 4 is 0 Å². The molecule has 0 radical (unpaired) electrons. The first-order valence-electron chi connectivity index (χ1n) is 9.43. The molecule has 3 heterocycles. The lowest BCUT2D eigenvalue weighted by molar-refractivity contribution is 0.109. The Kier molecular flexibility index (Phi) is 5.08. The number of aromatic nitrogens is 3. The van der Waals surface area contributed by atoms with Crippen molar-refractivity contribution in [2.45, 2.75) is 50.6 Å². The molecular formula is C19H27N5O. The second-order valence-corrected chi connectivity index (χ2v) is 7.41. The van der Waals surface area contributed by atoms with Gasteiger partial charge in [0, 0.05) is 43.4 Å². The first-order chi connectivity index (χ1) is 12.3. The normalized spacial score (nSPS) is 21.8. The minimum Gasteiger partial charge on any atom is -0.339 e. The summed E-state index contributed by atoms with van der Waals surface area (Å²) in [5.41, 5.74) is 1.17. The topological polar surface area (TPSA) is 58.3 Å². The van der Waals surface area contributed by atoms with Gasteiger partial charge in [0.15, 0.2) is 5.82 Å². The SMILES string of the molecule is CN(CCc1ccccn1)[C@H]1CCCN(Cc2noc(C3CC3)n2)C1. The van der Waals surface area contributed by atoms with Gasteiger partial charge in [-0.3, -0.25) is 9.88 Å². The Bertz CT molecular complexity index is 669. The van der Waals surface area contributed by atoms with Crippen molar-refractivity contribution in [3.8, 4) is 0 Å². The van der Waals surface area contributed by atoms with Crippen LogP contribution in [0.3, 0.4) is 0 Å². The van der Waals surface area contributed by atoms with E-state index in [2.05, 4.69) is 44.1 Å². The molecule has 0 aromatic carbocycles. The fourth-order valence-electron chi connectivity index (χ4n) is 3.58. The highest BCUT2D eigenvalue weighted by atomic mass is 16.5. The average Bonchev–Trinajstić information content (AvgIpc) is 3.40. The van der Waals surface area contributed by atoms with Gasteiger partial charge in [-0.25, -0.2) is 0 Å². The first-order valence-corrected chi connectivity index (χ1v) is 9.43. The third kappa shape index (κ3) is 4.44. The van der Waals surface area contributed by atoms with Crippen LogP contribution in [0.15, 0.2) is 28.9 Å². The van der Waals surface area contributed by atoms with E-state index in [1.165, 1.54) is 31.4 Å². The number of nitrogens with zero attached hydrogens (tertiary/aromatic N) is 5. The molecule has 6 heteroatoms. The van der Waals surface area contributed by atoms with Crippen LogP contribution in [0.5, 0.6) is 0 Å². The van der Waals surface area contributed by atoms with Gasteiger partial charge in [-0.15, -0.1) is 0 Å². The second-order valence-electron chi connectivity index (χ2n) is 7.41. The van der Waals surface area contributed by atoms with Gasteiger partial charge >= 0.3 is 0 Å². The van der Waals surface area contributed by atoms with Crippen LogP contribution in [0.4, 0.5) is 0 Å². The van der Waals surface area contributed by atoms with Crippen LogP contribution < -0.4 is 0 Å². The molecule has 2 aromatic rings. The number of rotatable bonds is 7. The Morgan fingerprint density at radius 2 is 2.20 bits per heavy atom. The summed E-state index contributed by atoms with van der Waals surface area (Å²) in [4.78, 5) is 13.9. The zero-order chi connectivity index (χ0) is 17.1. The first kappa shape index (κ1) is 16.7. The van der Waals surface area contributed by atoms with E-state index in [1.807, 2.05) is 12.3 Å². The van der Waals surface area contributed by atoms with E-state index in [1.54, 1.807) is 0 Å². The van der Waals surface area contributed by atoms with Crippen LogP contribution in [0.25, 0.3) is 0 Å². The lowest BCUT2D eigenvalue weighted by Crippen LogP contribution is -2.46. The Morgan fingerprint density at radius 3 is 3.00 bits per heavy atom. The summed E-state index contributed by atoms with van der Waals surface area (Å²) in [5, 5.41) is 4.17. The Labute approximate surface area is 149 Å². The highest BCUT2D eigenvalue weighted by Crippen LogP contribution is 2.38. The standard InChI is InChI=1S/C19H27N5O/c1-23(12-9-16-5-2-3-10-20-16)17-6-4-11-24(13-17)14-18-21-19(25-22-18)15-7-8-15/h2-3,5,10,15,17H,4,6-9,11-14H2,1H3/t17-/m0/s1. The summed E-state index contributed by atoms with van der Waals surface area (Å²) < 4.78 is 5.39. The molecule has 1 aliphatic heterocycles. The third-order valence-corrected chi connectivity index (χ3v) is 5.33. The molecule has 1 atom stereocenters. The summed E-state index contributed by atoms with van der Waals surface area (Å²) in [6.07, 6.45) is 7.77. The van der Waals surface area contributed by atoms with Crippen LogP contribution >= 0.6 is 0 Å². The number of likely N-dealkylation sites (N-methyl/N-ethyl adjacent to an activating group) is 1. The molecule has 4 rings (SSSR count). The summed E-state index contributed by atoms with van der Waals surface area (Å²) >= 11 is 0. The molecule has 2 aromatic heterocycles. The minimum atomic E-state index is 0.535. The monoisotopic (exact) mass is 341 g/mol. The summed E-state index contributed by atoms with van der Waals surface area (Å²) in [6.45, 7) is 4.05. The van der Waals surface area contributed by atoms with Gasteiger partial charge in [-0.05, 0) is 51.4 Å². The van der Waals surface area contributed by atoms with Crippen molar-refractivity contribution in [3.63, 3.8) is 0 Å². The van der Waals surface area contributed by atoms with E-state index in [4.69, 9.17) is 4.52 Å². The Hall–Kier alpha value is -1.79. The van der Waals surface area contributed by atoms with Crippen molar-refractivity contribution in [1.82, 2.24) is 24.9 Å². The van der Waals surface area contributed by atoms with Gasteiger partial charge in [0.05, 0.1) is 6.54 Å². The number of hydrogen-bond donors (Lipinski definition) is 0. The highest BCUT2D eigenvalue weighted by molar-refractivity contribution is 5.04. The Morgan fingerprint density at radius 1 is 1.28 bits per heavy atom. The highest BCUT2D eigenvalue weighted by Gasteiger charge is 2.30. The second kappa shape index (κ2) is 7.62. The lowest BCUT2D eigenvalue weighted by atomic mass is 10.0. The van der Waals surface area contributed by atoms with Gasteiger partial charge in [-0.1, -0.05) is 11.2 Å². The predicted molar refractivity (Wildman–Crippen MR) is 95.1 cm³/mol. The quantitative estimate of drug-likeness (QED) is 0.771. The number of piperidine rings is 1. The van der Waals surface area contributed by atoms with Crippen molar-refractivity contribution in [3.05, 3.63) is 41.8 Å². The summed E-state index contributed by atoms with van der Waals surface area (Å²) in [6, 6.07) is 6.73. The lowest BCUT2D eigenvalue weighted by Gasteiger charge is -2.37. The maximum atomic E-state index is 5.39. The number of hydrogen-bond acceptors (Lipinski definition) is 6. The molecule has 134 valence electrons. The van der Waals surface area contributed by atoms with Crippen molar-refractivity contribution in [2.75, 3.05) is 26.7 Å². The van der Waals surface area contributed by atoms with E-state index < -0.39 is 0 Å². The molecule has 2 aliphatic rings. The molecule has 1 saturated heterocycles. The smallest absolute Gasteiger partial charge is 0.229 e. The zero-order valence-corrected chi connectivity index (χ0v) is 15.0. The van der Waals surface area contributed by atoms with Crippen LogP contribution in [0.2, 0.25) is 0 Å². The maximum Gasteiger partial charge on any atom is 0.229 e. The van der Waals surface area contributed by atoms with Crippen molar-refractivity contribution < 1.29 is 4.52 Å². The van der Waals surface area contributed by atoms with Crippen LogP contribution in [0, 0.1) is 0 Å². The van der Waals surface area contributed by atoms with E-state index in [-0.39, 0.29) is 0 Å². The molecule has 1 saturated carbocycles. The van der Waals surface area contributed by atoms with E-state index in [0.717, 1.165) is 44.3 Å². The van der Waals surface area contributed by atoms with Gasteiger partial charge in [-0.2, -0.15) is 4.98 Å². The van der Waals surface area contributed by atoms with Crippen LogP contribution in [0.1, 0.15) is 49.0 Å². The Balaban J connectivity index is 1.27. The van der Waals surface area contributed by atoms with Crippen LogP contribution in [-0.2, 0) is 13.0 Å². The average molecular weight is 341 g/mol. The van der Waals surface area contributed by atoms with Gasteiger partial charge in [0.2, 0.25) is 5.89 Å². The molecule has 25 heavy (non-hydrogen) atoms. The van der Waals surface area contributed by atoms with Gasteiger partial charge in [0.25, 0.3) is 0 Å². The molecule has 0 amide bonds. The zero-order valence-electron chi connectivity index (χ0n) is 15.0. The minimum absolute atomic E-state index is 0.535. The number of pyridine rings is 1. The fourth-order valence-corrected chi connectivity index (χ4v) is 3.58. The largest absolute Gasteiger partial charge is 0.339 e. The van der Waals surface area contributed by atoms with E-state index in [0.29, 0.717) is 12.0 Å². The molecule has 0 spiro atoms. The van der Waals surface area contributed by atoms with Crippen molar-refractivity contribution in [2.24, 2.45) is 0 Å². The van der Waals surface area contributed by atoms with Gasteiger partial charge < -0.3 is 9.42 Å². The fraction of sp³-hybridized carbons (Fsp3) is 0.632. The summed E-state index contributed by atoms with van der Waals surface area (Å²) in [5.74, 6) is 2.22. The predicted octanol–water partition coefficient (Wildman–Crippen LogP) is 2.48. The van der Waals surface area contributed by atoms with Gasteiger partial charge in [0.1, 0.15) is 0 Å². The molecule has 2 fully saturated rings. The molecule has 0 bridgehead atoms. The van der Waals surface area contributed by atoms with E-state index in [9.17, 15) is 0 Å². The van der Waals surface area contributed by atoms with Crippen molar-refractivity contribution in [1.29, 1.82) is 0 Å². The molecule has 6 nitrogen and oxygen atoms in total. The van der Waals surface area contributed by atoms with Crippen LogP contribution in [-0.4, -0.2) is 57.6 Å². The molecule has 0 unspecified atom stereocenters. The third-order valence-electron chi connectivity index (χ3n) is 5.33. The summed E-state index contributed by atoms with van der Waals surface area (Å²) in [7, 11) is 2.23. The van der Waals surface area contributed by atoms with E-state index >= 15 is 0 Å². The maximum absolute atomic E-state index is 5.39. The molecule has 1 aliphatic carbocycles.